The lowest BCUT2D eigenvalue weighted by Gasteiger charge is -2.22. The van der Waals surface area contributed by atoms with Crippen LogP contribution in [-0.4, -0.2) is 28.7 Å². The zero-order valence-corrected chi connectivity index (χ0v) is 13.8. The summed E-state index contributed by atoms with van der Waals surface area (Å²) in [5.74, 6) is -1.26. The minimum atomic E-state index is -0.891. The summed E-state index contributed by atoms with van der Waals surface area (Å²) in [5.41, 5.74) is 3.39. The Balaban J connectivity index is 1.82. The van der Waals surface area contributed by atoms with Crippen molar-refractivity contribution in [1.82, 2.24) is 4.90 Å². The van der Waals surface area contributed by atoms with Crippen molar-refractivity contribution < 1.29 is 14.4 Å². The van der Waals surface area contributed by atoms with Crippen molar-refractivity contribution in [3.8, 4) is 0 Å². The van der Waals surface area contributed by atoms with Gasteiger partial charge >= 0.3 is 0 Å². The molecule has 1 aliphatic heterocycles. The number of hydrogen-bond donors (Lipinski definition) is 1. The fourth-order valence-corrected chi connectivity index (χ4v) is 2.97. The molecule has 3 rings (SSSR count). The fraction of sp³-hybridized carbons (Fsp3) is 0.211. The normalized spacial score (nSPS) is 14.5. The lowest BCUT2D eigenvalue weighted by molar-refractivity contribution is -0.119. The Bertz CT molecular complexity index is 802. The average Bonchev–Trinajstić information content (AvgIpc) is 2.77. The maximum Gasteiger partial charge on any atom is 0.262 e. The van der Waals surface area contributed by atoms with Crippen LogP contribution in [0.3, 0.4) is 0 Å². The van der Waals surface area contributed by atoms with E-state index in [1.165, 1.54) is 0 Å². The quantitative estimate of drug-likeness (QED) is 0.884. The largest absolute Gasteiger partial charge is 0.324 e. The molecule has 5 heteroatoms. The third-order valence-electron chi connectivity index (χ3n) is 4.08. The Morgan fingerprint density at radius 2 is 1.46 bits per heavy atom. The van der Waals surface area contributed by atoms with Crippen molar-refractivity contribution in [2.24, 2.45) is 0 Å². The van der Waals surface area contributed by atoms with Gasteiger partial charge in [-0.25, -0.2) is 0 Å². The highest BCUT2D eigenvalue weighted by molar-refractivity contribution is 6.23. The van der Waals surface area contributed by atoms with Gasteiger partial charge in [-0.1, -0.05) is 18.2 Å². The first-order chi connectivity index (χ1) is 11.4. The van der Waals surface area contributed by atoms with Gasteiger partial charge in [0.05, 0.1) is 11.1 Å². The molecule has 0 saturated carbocycles. The minimum absolute atomic E-state index is 0.341. The fourth-order valence-electron chi connectivity index (χ4n) is 2.97. The number of hydrogen-bond acceptors (Lipinski definition) is 3. The number of imide groups is 1. The molecule has 0 aromatic heterocycles. The van der Waals surface area contributed by atoms with E-state index < -0.39 is 23.8 Å². The lowest BCUT2D eigenvalue weighted by Crippen LogP contribution is -2.45. The maximum absolute atomic E-state index is 12.5. The summed E-state index contributed by atoms with van der Waals surface area (Å²) in [4.78, 5) is 38.4. The summed E-state index contributed by atoms with van der Waals surface area (Å²) < 4.78 is 0. The van der Waals surface area contributed by atoms with E-state index in [2.05, 4.69) is 5.32 Å². The molecule has 0 spiro atoms. The summed E-state index contributed by atoms with van der Waals surface area (Å²) >= 11 is 0. The monoisotopic (exact) mass is 322 g/mol. The van der Waals surface area contributed by atoms with E-state index in [1.54, 1.807) is 31.2 Å². The molecule has 1 N–H and O–H groups in total. The van der Waals surface area contributed by atoms with E-state index in [1.807, 2.05) is 32.0 Å². The first-order valence-electron chi connectivity index (χ1n) is 7.74. The molecule has 1 aliphatic rings. The van der Waals surface area contributed by atoms with Crippen LogP contribution in [-0.2, 0) is 4.79 Å². The van der Waals surface area contributed by atoms with Crippen molar-refractivity contribution in [2.75, 3.05) is 5.32 Å². The molecule has 24 heavy (non-hydrogen) atoms. The van der Waals surface area contributed by atoms with E-state index in [9.17, 15) is 14.4 Å². The van der Waals surface area contributed by atoms with Crippen LogP contribution in [0.2, 0.25) is 0 Å². The molecule has 2 aromatic carbocycles. The highest BCUT2D eigenvalue weighted by Crippen LogP contribution is 2.25. The maximum atomic E-state index is 12.5. The predicted molar refractivity (Wildman–Crippen MR) is 90.9 cm³/mol. The number of fused-ring (bicyclic) bond motifs is 1. The van der Waals surface area contributed by atoms with Gasteiger partial charge in [-0.2, -0.15) is 0 Å². The molecule has 1 heterocycles. The van der Waals surface area contributed by atoms with Gasteiger partial charge in [0.25, 0.3) is 11.8 Å². The van der Waals surface area contributed by atoms with Crippen LogP contribution in [0.5, 0.6) is 0 Å². The molecule has 1 atom stereocenters. The summed E-state index contributed by atoms with van der Waals surface area (Å²) in [6, 6.07) is 11.4. The number of carbonyl (C=O) groups excluding carboxylic acids is 3. The Hall–Kier alpha value is -2.95. The van der Waals surface area contributed by atoms with Crippen molar-refractivity contribution in [2.45, 2.75) is 26.8 Å². The zero-order chi connectivity index (χ0) is 17.4. The Kier molecular flexibility index (Phi) is 3.93. The molecule has 0 aliphatic carbocycles. The Morgan fingerprint density at radius 3 is 1.96 bits per heavy atom. The molecule has 0 bridgehead atoms. The first kappa shape index (κ1) is 15.9. The Labute approximate surface area is 140 Å². The van der Waals surface area contributed by atoms with E-state index in [4.69, 9.17) is 0 Å². The molecule has 0 fully saturated rings. The van der Waals surface area contributed by atoms with Crippen molar-refractivity contribution in [3.63, 3.8) is 0 Å². The molecule has 2 aromatic rings. The number of aryl methyl sites for hydroxylation is 2. The lowest BCUT2D eigenvalue weighted by atomic mass is 10.1. The van der Waals surface area contributed by atoms with Gasteiger partial charge in [0.1, 0.15) is 6.04 Å². The third-order valence-corrected chi connectivity index (χ3v) is 4.08. The van der Waals surface area contributed by atoms with Crippen LogP contribution in [0.25, 0.3) is 0 Å². The van der Waals surface area contributed by atoms with Gasteiger partial charge in [0, 0.05) is 5.69 Å². The first-order valence-corrected chi connectivity index (χ1v) is 7.74. The van der Waals surface area contributed by atoms with E-state index >= 15 is 0 Å². The molecule has 0 saturated heterocycles. The SMILES string of the molecule is Cc1cc(C)cc(NC(=O)C(C)N2C(=O)c3ccccc3C2=O)c1. The van der Waals surface area contributed by atoms with Gasteiger partial charge in [-0.05, 0) is 56.2 Å². The number of anilines is 1. The van der Waals surface area contributed by atoms with Gasteiger partial charge < -0.3 is 5.32 Å². The number of rotatable bonds is 3. The number of carbonyl (C=O) groups is 3. The molecule has 5 nitrogen and oxygen atoms in total. The summed E-state index contributed by atoms with van der Waals surface area (Å²) in [7, 11) is 0. The molecular formula is C19H18N2O3. The highest BCUT2D eigenvalue weighted by atomic mass is 16.2. The second-order valence-electron chi connectivity index (χ2n) is 6.07. The van der Waals surface area contributed by atoms with E-state index in [0.29, 0.717) is 16.8 Å². The van der Waals surface area contributed by atoms with Crippen molar-refractivity contribution >= 4 is 23.4 Å². The average molecular weight is 322 g/mol. The van der Waals surface area contributed by atoms with Crippen LogP contribution in [0.1, 0.15) is 38.8 Å². The molecule has 122 valence electrons. The van der Waals surface area contributed by atoms with Crippen LogP contribution >= 0.6 is 0 Å². The standard InChI is InChI=1S/C19H18N2O3/c1-11-8-12(2)10-14(9-11)20-17(22)13(3)21-18(23)15-6-4-5-7-16(15)19(21)24/h4-10,13H,1-3H3,(H,20,22). The van der Waals surface area contributed by atoms with Crippen LogP contribution in [0.4, 0.5) is 5.69 Å². The second-order valence-corrected chi connectivity index (χ2v) is 6.07. The highest BCUT2D eigenvalue weighted by Gasteiger charge is 2.40. The predicted octanol–water partition coefficient (Wildman–Crippen LogP) is 2.93. The number of nitrogens with one attached hydrogen (secondary N) is 1. The summed E-state index contributed by atoms with van der Waals surface area (Å²) in [6.45, 7) is 5.44. The van der Waals surface area contributed by atoms with Crippen LogP contribution in [0, 0.1) is 13.8 Å². The minimum Gasteiger partial charge on any atom is -0.324 e. The van der Waals surface area contributed by atoms with Gasteiger partial charge in [0.15, 0.2) is 0 Å². The van der Waals surface area contributed by atoms with Gasteiger partial charge in [-0.3, -0.25) is 19.3 Å². The third kappa shape index (κ3) is 2.69. The second kappa shape index (κ2) is 5.92. The summed E-state index contributed by atoms with van der Waals surface area (Å²) in [6.07, 6.45) is 0. The zero-order valence-electron chi connectivity index (χ0n) is 13.8. The van der Waals surface area contributed by atoms with Crippen LogP contribution < -0.4 is 5.32 Å². The smallest absolute Gasteiger partial charge is 0.262 e. The molecular weight excluding hydrogens is 304 g/mol. The summed E-state index contributed by atoms with van der Waals surface area (Å²) in [5, 5.41) is 2.78. The number of nitrogens with zero attached hydrogens (tertiary/aromatic N) is 1. The van der Waals surface area contributed by atoms with Gasteiger partial charge in [-0.15, -0.1) is 0 Å². The Morgan fingerprint density at radius 1 is 0.958 bits per heavy atom. The number of benzene rings is 2. The van der Waals surface area contributed by atoms with Crippen molar-refractivity contribution in [3.05, 3.63) is 64.7 Å². The van der Waals surface area contributed by atoms with Gasteiger partial charge in [0.2, 0.25) is 5.91 Å². The molecule has 1 unspecified atom stereocenters. The number of amides is 3. The van der Waals surface area contributed by atoms with Crippen LogP contribution in [0.15, 0.2) is 42.5 Å². The van der Waals surface area contributed by atoms with E-state index in [0.717, 1.165) is 16.0 Å². The topological polar surface area (TPSA) is 66.5 Å². The molecule has 0 radical (unpaired) electrons. The van der Waals surface area contributed by atoms with E-state index in [-0.39, 0.29) is 0 Å². The van der Waals surface area contributed by atoms with Crippen molar-refractivity contribution in [1.29, 1.82) is 0 Å². The molecule has 3 amide bonds.